The molecule has 0 aliphatic heterocycles. The van der Waals surface area contributed by atoms with Crippen LogP contribution in [0.1, 0.15) is 1.43 Å². The van der Waals surface area contributed by atoms with Crippen molar-refractivity contribution < 1.29 is 10.6 Å². The van der Waals surface area contributed by atoms with E-state index in [2.05, 4.69) is 21.1 Å². The van der Waals surface area contributed by atoms with Crippen molar-refractivity contribution in [3.8, 4) is 0 Å². The van der Waals surface area contributed by atoms with Gasteiger partial charge in [0.05, 0.1) is 34.3 Å². The summed E-state index contributed by atoms with van der Waals surface area (Å²) in [5.41, 5.74) is 0. The van der Waals surface area contributed by atoms with Crippen LogP contribution in [0.25, 0.3) is 0 Å². The van der Waals surface area contributed by atoms with Crippen molar-refractivity contribution >= 4 is 8.05 Å². The van der Waals surface area contributed by atoms with Crippen molar-refractivity contribution in [2.75, 3.05) is 34.3 Å². The lowest BCUT2D eigenvalue weighted by Gasteiger charge is -2.23. The lowest BCUT2D eigenvalue weighted by atomic mass is 10.5. The van der Waals surface area contributed by atoms with Gasteiger partial charge < -0.3 is 9.14 Å². The molecule has 8 heavy (non-hydrogen) atoms. The Morgan fingerprint density at radius 3 is 2.12 bits per heavy atom. The highest BCUT2D eigenvalue weighted by atomic mass is 16.4. The van der Waals surface area contributed by atoms with Gasteiger partial charge in [-0.2, -0.15) is 0 Å². The molecule has 0 bridgehead atoms. The van der Waals surface area contributed by atoms with Crippen LogP contribution in [0.4, 0.5) is 0 Å². The molecule has 48 valence electrons. The standard InChI is InChI=1S/C5H15BNO/c1-7(2,3)4-5-8-6/h4-6H2,1-3H3/q+1/p+1. The summed E-state index contributed by atoms with van der Waals surface area (Å²) in [5.74, 6) is 0. The van der Waals surface area contributed by atoms with Crippen molar-refractivity contribution in [1.82, 2.24) is 0 Å². The van der Waals surface area contributed by atoms with Crippen LogP contribution in [-0.2, 0) is 4.65 Å². The van der Waals surface area contributed by atoms with Crippen molar-refractivity contribution in [2.45, 2.75) is 0 Å². The molecule has 0 aromatic carbocycles. The molecule has 0 unspecified atom stereocenters. The van der Waals surface area contributed by atoms with Gasteiger partial charge in [-0.15, -0.1) is 0 Å². The number of nitrogens with zero attached hydrogens (tertiary/aromatic N) is 1. The van der Waals surface area contributed by atoms with E-state index in [4.69, 9.17) is 4.65 Å². The number of quaternary nitrogens is 1. The highest BCUT2D eigenvalue weighted by Gasteiger charge is 2.03. The normalized spacial score (nSPS) is 11.9. The lowest BCUT2D eigenvalue weighted by molar-refractivity contribution is -0.870. The number of rotatable bonds is 3. The molecule has 0 saturated heterocycles. The van der Waals surface area contributed by atoms with Crippen molar-refractivity contribution in [3.63, 3.8) is 0 Å². The van der Waals surface area contributed by atoms with Crippen LogP contribution >= 0.6 is 0 Å². The molecule has 0 radical (unpaired) electrons. The molecule has 0 aromatic heterocycles. The summed E-state index contributed by atoms with van der Waals surface area (Å²) in [7, 11) is 8.19. The molecule has 0 heterocycles. The van der Waals surface area contributed by atoms with Gasteiger partial charge in [0.15, 0.2) is 0 Å². The van der Waals surface area contributed by atoms with Gasteiger partial charge >= 0.3 is 1.43 Å². The highest BCUT2D eigenvalue weighted by Crippen LogP contribution is 1.86. The summed E-state index contributed by atoms with van der Waals surface area (Å²) >= 11 is 0. The molecule has 0 N–H and O–H groups in total. The monoisotopic (exact) mass is 117 g/mol. The van der Waals surface area contributed by atoms with E-state index in [1.165, 1.54) is 0 Å². The van der Waals surface area contributed by atoms with Crippen LogP contribution < -0.4 is 0 Å². The number of hydrogen-bond donors (Lipinski definition) is 0. The highest BCUT2D eigenvalue weighted by molar-refractivity contribution is 5.97. The first-order chi connectivity index (χ1) is 3.56. The van der Waals surface area contributed by atoms with Gasteiger partial charge in [0.25, 0.3) is 8.05 Å². The summed E-state index contributed by atoms with van der Waals surface area (Å²) in [6.45, 7) is 1.93. The minimum Gasteiger partial charge on any atom is -0.438 e. The summed E-state index contributed by atoms with van der Waals surface area (Å²) in [4.78, 5) is 0. The zero-order valence-electron chi connectivity index (χ0n) is 7.27. The second-order valence-corrected chi connectivity index (χ2v) is 3.01. The van der Waals surface area contributed by atoms with Gasteiger partial charge in [0.2, 0.25) is 0 Å². The topological polar surface area (TPSA) is 9.23 Å². The predicted molar refractivity (Wildman–Crippen MR) is 38.5 cm³/mol. The van der Waals surface area contributed by atoms with E-state index in [1.807, 2.05) is 0 Å². The van der Waals surface area contributed by atoms with Gasteiger partial charge in [-0.3, -0.25) is 0 Å². The van der Waals surface area contributed by atoms with Gasteiger partial charge in [0.1, 0.15) is 0 Å². The first-order valence-corrected chi connectivity index (χ1v) is 2.85. The fourth-order valence-corrected chi connectivity index (χ4v) is 0.365. The van der Waals surface area contributed by atoms with Crippen LogP contribution in [-0.4, -0.2) is 46.8 Å². The smallest absolute Gasteiger partial charge is 0.438 e. The third-order valence-electron chi connectivity index (χ3n) is 0.966. The summed E-state index contributed by atoms with van der Waals surface area (Å²) in [6.07, 6.45) is 0. The third-order valence-corrected chi connectivity index (χ3v) is 0.966. The Bertz CT molecular complexity index is 64.5. The molecular weight excluding hydrogens is 101 g/mol. The first kappa shape index (κ1) is 7.98. The molecule has 0 amide bonds. The van der Waals surface area contributed by atoms with E-state index < -0.39 is 0 Å². The zero-order chi connectivity index (χ0) is 6.62. The second-order valence-electron chi connectivity index (χ2n) is 3.01. The minimum absolute atomic E-state index is 0. The third kappa shape index (κ3) is 5.98. The van der Waals surface area contributed by atoms with E-state index >= 15 is 0 Å². The first-order valence-electron chi connectivity index (χ1n) is 2.85. The van der Waals surface area contributed by atoms with Crippen LogP contribution in [0.15, 0.2) is 0 Å². The molecule has 2 nitrogen and oxygen atoms in total. The lowest BCUT2D eigenvalue weighted by Crippen LogP contribution is -2.37. The Kier molecular flexibility index (Phi) is 3.09. The van der Waals surface area contributed by atoms with Crippen molar-refractivity contribution in [1.29, 1.82) is 0 Å². The Labute approximate surface area is 54.0 Å². The van der Waals surface area contributed by atoms with Gasteiger partial charge in [-0.05, 0) is 0 Å². The fourth-order valence-electron chi connectivity index (χ4n) is 0.365. The van der Waals surface area contributed by atoms with E-state index in [-0.39, 0.29) is 1.43 Å². The Morgan fingerprint density at radius 1 is 1.50 bits per heavy atom. The Morgan fingerprint density at radius 2 is 2.00 bits per heavy atom. The molecular formula is C5H16BNO+2. The SMILES string of the molecule is BOCC[N+](C)(C)C.[H+]. The van der Waals surface area contributed by atoms with Gasteiger partial charge in [-0.1, -0.05) is 0 Å². The number of likely N-dealkylation sites (N-methyl/N-ethyl adjacent to an activating group) is 1. The molecule has 0 saturated carbocycles. The molecule has 0 fully saturated rings. The van der Waals surface area contributed by atoms with E-state index in [0.29, 0.717) is 0 Å². The molecule has 0 aliphatic rings. The largest absolute Gasteiger partial charge is 1.00 e. The zero-order valence-corrected chi connectivity index (χ0v) is 6.27. The van der Waals surface area contributed by atoms with Crippen LogP contribution in [0, 0.1) is 0 Å². The van der Waals surface area contributed by atoms with Crippen LogP contribution in [0.5, 0.6) is 0 Å². The molecule has 0 spiro atoms. The molecule has 0 atom stereocenters. The maximum atomic E-state index is 4.90. The maximum absolute atomic E-state index is 4.90. The average Bonchev–Trinajstić information content (AvgIpc) is 1.59. The van der Waals surface area contributed by atoms with E-state index in [1.54, 1.807) is 8.05 Å². The molecule has 0 aromatic rings. The molecule has 0 aliphatic carbocycles. The quantitative estimate of drug-likeness (QED) is 0.353. The van der Waals surface area contributed by atoms with Crippen molar-refractivity contribution in [2.24, 2.45) is 0 Å². The summed E-state index contributed by atoms with van der Waals surface area (Å²) < 4.78 is 5.88. The van der Waals surface area contributed by atoms with Crippen molar-refractivity contribution in [3.05, 3.63) is 0 Å². The maximum Gasteiger partial charge on any atom is 1.00 e. The predicted octanol–water partition coefficient (Wildman–Crippen LogP) is -0.630. The van der Waals surface area contributed by atoms with Gasteiger partial charge in [-0.25, -0.2) is 0 Å². The summed E-state index contributed by atoms with van der Waals surface area (Å²) in [5, 5.41) is 0. The van der Waals surface area contributed by atoms with E-state index in [9.17, 15) is 0 Å². The van der Waals surface area contributed by atoms with Gasteiger partial charge in [0, 0.05) is 0 Å². The fraction of sp³-hybridized carbons (Fsp3) is 1.00. The molecule has 0 rings (SSSR count). The second kappa shape index (κ2) is 3.10. The molecule has 3 heteroatoms. The minimum atomic E-state index is 0. The Balaban J connectivity index is 0. The average molecular weight is 117 g/mol. The van der Waals surface area contributed by atoms with Crippen LogP contribution in [0.3, 0.4) is 0 Å². The van der Waals surface area contributed by atoms with E-state index in [0.717, 1.165) is 17.6 Å². The summed E-state index contributed by atoms with van der Waals surface area (Å²) in [6, 6.07) is 0. The Hall–Kier alpha value is -0.0151. The number of hydrogen-bond acceptors (Lipinski definition) is 1. The van der Waals surface area contributed by atoms with Crippen LogP contribution in [0.2, 0.25) is 0 Å².